The Labute approximate surface area is 72.1 Å². The lowest BCUT2D eigenvalue weighted by Gasteiger charge is -2.14. The number of carbonyl (C=O) groups is 1. The zero-order valence-electron chi connectivity index (χ0n) is 7.49. The highest BCUT2D eigenvalue weighted by molar-refractivity contribution is 5.75. The molecule has 0 bridgehead atoms. The van der Waals surface area contributed by atoms with Crippen molar-refractivity contribution in [2.45, 2.75) is 26.4 Å². The Morgan fingerprint density at radius 1 is 1.75 bits per heavy atom. The minimum atomic E-state index is -0.513. The number of rotatable bonds is 2. The van der Waals surface area contributed by atoms with Gasteiger partial charge in [0.05, 0.1) is 12.6 Å². The molecule has 0 spiro atoms. The molecule has 1 N–H and O–H groups in total. The first-order chi connectivity index (χ1) is 5.59. The van der Waals surface area contributed by atoms with Crippen LogP contribution in [0.3, 0.4) is 0 Å². The van der Waals surface area contributed by atoms with Crippen molar-refractivity contribution in [2.75, 3.05) is 13.2 Å². The van der Waals surface area contributed by atoms with Crippen LogP contribution in [0.4, 0.5) is 0 Å². The summed E-state index contributed by atoms with van der Waals surface area (Å²) in [4.78, 5) is 16.3. The van der Waals surface area contributed by atoms with E-state index in [4.69, 9.17) is 9.94 Å². The fraction of sp³-hybridized carbons (Fsp3) is 0.875. The minimum absolute atomic E-state index is 0.0402. The first-order valence-corrected chi connectivity index (χ1v) is 4.21. The summed E-state index contributed by atoms with van der Waals surface area (Å²) < 4.78 is 0. The van der Waals surface area contributed by atoms with Crippen molar-refractivity contribution in [1.82, 2.24) is 5.06 Å². The largest absolute Gasteiger partial charge is 0.389 e. The van der Waals surface area contributed by atoms with Crippen LogP contribution < -0.4 is 0 Å². The number of hydroxylamine groups is 2. The van der Waals surface area contributed by atoms with Gasteiger partial charge in [0.2, 0.25) is 5.91 Å². The molecule has 1 aliphatic rings. The zero-order valence-corrected chi connectivity index (χ0v) is 7.49. The number of aliphatic hydroxyl groups excluding tert-OH is 1. The molecule has 0 aromatic rings. The van der Waals surface area contributed by atoms with Gasteiger partial charge in [-0.15, -0.1) is 0 Å². The average molecular weight is 173 g/mol. The lowest BCUT2D eigenvalue weighted by Crippen LogP contribution is -2.29. The van der Waals surface area contributed by atoms with Crippen LogP contribution in [0.15, 0.2) is 0 Å². The summed E-state index contributed by atoms with van der Waals surface area (Å²) in [7, 11) is 0. The second kappa shape index (κ2) is 3.87. The summed E-state index contributed by atoms with van der Waals surface area (Å²) in [5.74, 6) is 0.292. The molecule has 1 amide bonds. The summed E-state index contributed by atoms with van der Waals surface area (Å²) in [5.41, 5.74) is 0. The molecular formula is C8H15NO3. The van der Waals surface area contributed by atoms with E-state index in [0.717, 1.165) is 0 Å². The van der Waals surface area contributed by atoms with Gasteiger partial charge in [-0.3, -0.25) is 9.63 Å². The molecule has 1 heterocycles. The maximum atomic E-state index is 11.3. The van der Waals surface area contributed by atoms with Gasteiger partial charge in [-0.1, -0.05) is 13.8 Å². The second-order valence-corrected chi connectivity index (χ2v) is 3.50. The molecule has 4 heteroatoms. The Hall–Kier alpha value is -0.610. The van der Waals surface area contributed by atoms with E-state index in [1.807, 2.05) is 13.8 Å². The van der Waals surface area contributed by atoms with Crippen LogP contribution in [0.1, 0.15) is 20.3 Å². The molecule has 1 rings (SSSR count). The summed E-state index contributed by atoms with van der Waals surface area (Å²) in [6, 6.07) is 0. The van der Waals surface area contributed by atoms with Crippen LogP contribution in [0, 0.1) is 5.92 Å². The van der Waals surface area contributed by atoms with Crippen LogP contribution in [0.25, 0.3) is 0 Å². The van der Waals surface area contributed by atoms with Crippen molar-refractivity contribution >= 4 is 5.91 Å². The SMILES string of the molecule is CC(C)CC(=O)N1C[C@@H](O)CO1. The fourth-order valence-corrected chi connectivity index (χ4v) is 1.10. The third-order valence-electron chi connectivity index (χ3n) is 1.66. The predicted octanol–water partition coefficient (Wildman–Crippen LogP) is 0.167. The fourth-order valence-electron chi connectivity index (χ4n) is 1.10. The van der Waals surface area contributed by atoms with Gasteiger partial charge in [0, 0.05) is 6.42 Å². The van der Waals surface area contributed by atoms with Gasteiger partial charge in [-0.05, 0) is 5.92 Å². The maximum Gasteiger partial charge on any atom is 0.246 e. The zero-order chi connectivity index (χ0) is 9.14. The molecule has 12 heavy (non-hydrogen) atoms. The topological polar surface area (TPSA) is 49.8 Å². The molecule has 0 aliphatic carbocycles. The smallest absolute Gasteiger partial charge is 0.246 e. The third kappa shape index (κ3) is 2.46. The first-order valence-electron chi connectivity index (χ1n) is 4.21. The highest BCUT2D eigenvalue weighted by Gasteiger charge is 2.25. The Morgan fingerprint density at radius 3 is 2.83 bits per heavy atom. The van der Waals surface area contributed by atoms with E-state index in [-0.39, 0.29) is 12.5 Å². The Bertz CT molecular complexity index is 170. The summed E-state index contributed by atoms with van der Waals surface area (Å²) >= 11 is 0. The monoisotopic (exact) mass is 173 g/mol. The van der Waals surface area contributed by atoms with E-state index in [9.17, 15) is 4.79 Å². The van der Waals surface area contributed by atoms with Crippen molar-refractivity contribution in [3.8, 4) is 0 Å². The van der Waals surface area contributed by atoms with Crippen LogP contribution in [-0.4, -0.2) is 35.3 Å². The summed E-state index contributed by atoms with van der Waals surface area (Å²) in [6.45, 7) is 4.50. The molecule has 1 fully saturated rings. The number of nitrogens with zero attached hydrogens (tertiary/aromatic N) is 1. The van der Waals surface area contributed by atoms with Crippen molar-refractivity contribution in [1.29, 1.82) is 0 Å². The third-order valence-corrected chi connectivity index (χ3v) is 1.66. The number of β-amino-alcohol motifs (C(OH)–C–C–N with tert-alkyl or cyclic N) is 1. The van der Waals surface area contributed by atoms with Crippen LogP contribution in [0.5, 0.6) is 0 Å². The van der Waals surface area contributed by atoms with Gasteiger partial charge in [-0.25, -0.2) is 5.06 Å². The molecular weight excluding hydrogens is 158 g/mol. The van der Waals surface area contributed by atoms with Gasteiger partial charge in [-0.2, -0.15) is 0 Å². The van der Waals surface area contributed by atoms with Crippen molar-refractivity contribution in [3.05, 3.63) is 0 Å². The van der Waals surface area contributed by atoms with Crippen molar-refractivity contribution in [3.63, 3.8) is 0 Å². The highest BCUT2D eigenvalue weighted by Crippen LogP contribution is 2.10. The maximum absolute atomic E-state index is 11.3. The molecule has 0 aromatic carbocycles. The number of hydrogen-bond donors (Lipinski definition) is 1. The Balaban J connectivity index is 2.33. The Kier molecular flexibility index (Phi) is 3.05. The summed E-state index contributed by atoms with van der Waals surface area (Å²) in [5, 5.41) is 10.3. The van der Waals surface area contributed by atoms with E-state index >= 15 is 0 Å². The quantitative estimate of drug-likeness (QED) is 0.647. The van der Waals surface area contributed by atoms with Gasteiger partial charge >= 0.3 is 0 Å². The van der Waals surface area contributed by atoms with Crippen molar-refractivity contribution < 1.29 is 14.7 Å². The Morgan fingerprint density at radius 2 is 2.42 bits per heavy atom. The van der Waals surface area contributed by atoms with Gasteiger partial charge in [0.1, 0.15) is 6.61 Å². The van der Waals surface area contributed by atoms with Gasteiger partial charge in [0.25, 0.3) is 0 Å². The van der Waals surface area contributed by atoms with E-state index in [1.165, 1.54) is 5.06 Å². The van der Waals surface area contributed by atoms with Crippen LogP contribution >= 0.6 is 0 Å². The molecule has 0 unspecified atom stereocenters. The first kappa shape index (κ1) is 9.48. The van der Waals surface area contributed by atoms with Crippen LogP contribution in [0.2, 0.25) is 0 Å². The van der Waals surface area contributed by atoms with E-state index in [1.54, 1.807) is 0 Å². The normalized spacial score (nSPS) is 23.7. The second-order valence-electron chi connectivity index (χ2n) is 3.50. The van der Waals surface area contributed by atoms with Gasteiger partial charge < -0.3 is 5.11 Å². The van der Waals surface area contributed by atoms with Gasteiger partial charge in [0.15, 0.2) is 0 Å². The number of carbonyl (C=O) groups excluding carboxylic acids is 1. The van der Waals surface area contributed by atoms with E-state index in [0.29, 0.717) is 18.9 Å². The van der Waals surface area contributed by atoms with Crippen molar-refractivity contribution in [2.24, 2.45) is 5.92 Å². The lowest BCUT2D eigenvalue weighted by atomic mass is 10.1. The number of aliphatic hydroxyl groups is 1. The molecule has 0 saturated carbocycles. The molecule has 1 aliphatic heterocycles. The molecule has 4 nitrogen and oxygen atoms in total. The lowest BCUT2D eigenvalue weighted by molar-refractivity contribution is -0.169. The number of hydrogen-bond acceptors (Lipinski definition) is 3. The molecule has 70 valence electrons. The minimum Gasteiger partial charge on any atom is -0.389 e. The molecule has 1 atom stereocenters. The standard InChI is InChI=1S/C8H15NO3/c1-6(2)3-8(11)9-4-7(10)5-12-9/h6-7,10H,3-5H2,1-2H3/t7-/m1/s1. The molecule has 0 aromatic heterocycles. The number of amides is 1. The average Bonchev–Trinajstić information content (AvgIpc) is 2.34. The summed E-state index contributed by atoms with van der Waals surface area (Å²) in [6.07, 6.45) is -0.0340. The van der Waals surface area contributed by atoms with E-state index < -0.39 is 6.10 Å². The molecule has 0 radical (unpaired) electrons. The van der Waals surface area contributed by atoms with E-state index in [2.05, 4.69) is 0 Å². The van der Waals surface area contributed by atoms with Crippen LogP contribution in [-0.2, 0) is 9.63 Å². The highest BCUT2D eigenvalue weighted by atomic mass is 16.7. The molecule has 1 saturated heterocycles. The predicted molar refractivity (Wildman–Crippen MR) is 43.1 cm³/mol.